The number of nitrogens with zero attached hydrogens (tertiary/aromatic N) is 1. The summed E-state index contributed by atoms with van der Waals surface area (Å²) in [6.45, 7) is 3.07. The first kappa shape index (κ1) is 17.4. The summed E-state index contributed by atoms with van der Waals surface area (Å²) in [6.07, 6.45) is 0.145. The van der Waals surface area contributed by atoms with Gasteiger partial charge in [-0.2, -0.15) is 5.10 Å². The third kappa shape index (κ3) is 3.64. The average Bonchev–Trinajstić information content (AvgIpc) is 2.59. The summed E-state index contributed by atoms with van der Waals surface area (Å²) >= 11 is 0. The van der Waals surface area contributed by atoms with E-state index in [0.717, 1.165) is 16.3 Å². The molecule has 0 saturated heterocycles. The molecular weight excluding hydrogens is 332 g/mol. The van der Waals surface area contributed by atoms with E-state index in [2.05, 4.69) is 10.5 Å². The van der Waals surface area contributed by atoms with Gasteiger partial charge in [0, 0.05) is 6.07 Å². The van der Waals surface area contributed by atoms with Crippen LogP contribution in [0.5, 0.6) is 5.75 Å². The molecule has 3 rings (SSSR count). The number of rotatable bonds is 4. The second-order valence-corrected chi connectivity index (χ2v) is 5.95. The van der Waals surface area contributed by atoms with E-state index in [9.17, 15) is 14.7 Å². The van der Waals surface area contributed by atoms with Crippen LogP contribution in [0.15, 0.2) is 62.8 Å². The quantitative estimate of drug-likeness (QED) is 0.559. The number of carbonyl (C=O) groups excluding carboxylic acids is 1. The Morgan fingerprint density at radius 2 is 1.92 bits per heavy atom. The van der Waals surface area contributed by atoms with Gasteiger partial charge in [-0.05, 0) is 30.2 Å². The molecule has 1 heterocycles. The number of fused-ring (bicyclic) bond motifs is 1. The van der Waals surface area contributed by atoms with E-state index in [4.69, 9.17) is 4.42 Å². The number of hydrogen-bond donors (Lipinski definition) is 2. The van der Waals surface area contributed by atoms with Crippen molar-refractivity contribution in [1.29, 1.82) is 0 Å². The summed E-state index contributed by atoms with van der Waals surface area (Å²) < 4.78 is 4.95. The van der Waals surface area contributed by atoms with E-state index < -0.39 is 5.63 Å². The third-order valence-electron chi connectivity index (χ3n) is 3.99. The van der Waals surface area contributed by atoms with Crippen molar-refractivity contribution in [2.45, 2.75) is 20.3 Å². The highest BCUT2D eigenvalue weighted by atomic mass is 16.4. The molecule has 132 valence electrons. The molecule has 0 fully saturated rings. The summed E-state index contributed by atoms with van der Waals surface area (Å²) in [5.41, 5.74) is 2.70. The van der Waals surface area contributed by atoms with Crippen LogP contribution in [0.3, 0.4) is 0 Å². The van der Waals surface area contributed by atoms with E-state index in [1.165, 1.54) is 13.0 Å². The summed E-state index contributed by atoms with van der Waals surface area (Å²) in [4.78, 5) is 24.1. The number of nitrogens with one attached hydrogen (secondary N) is 1. The fraction of sp³-hybridized carbons (Fsp3) is 0.150. The molecule has 0 atom stereocenters. The largest absolute Gasteiger partial charge is 0.507 e. The van der Waals surface area contributed by atoms with Crippen LogP contribution in [0.25, 0.3) is 10.8 Å². The SMILES string of the molecule is CC(=NNC(=O)Cc1cccc2ccccc12)c1c(O)cc(C)oc1=O. The van der Waals surface area contributed by atoms with Gasteiger partial charge in [-0.3, -0.25) is 4.79 Å². The third-order valence-corrected chi connectivity index (χ3v) is 3.99. The minimum absolute atomic E-state index is 0.0685. The highest BCUT2D eigenvalue weighted by molar-refractivity contribution is 6.01. The number of hydrogen-bond acceptors (Lipinski definition) is 5. The first-order valence-electron chi connectivity index (χ1n) is 8.09. The van der Waals surface area contributed by atoms with Gasteiger partial charge < -0.3 is 9.52 Å². The summed E-state index contributed by atoms with van der Waals surface area (Å²) in [6, 6.07) is 14.9. The molecule has 0 bridgehead atoms. The van der Waals surface area contributed by atoms with Crippen molar-refractivity contribution in [3.8, 4) is 5.75 Å². The van der Waals surface area contributed by atoms with Crippen molar-refractivity contribution in [3.63, 3.8) is 0 Å². The molecule has 6 heteroatoms. The van der Waals surface area contributed by atoms with Gasteiger partial charge in [-0.1, -0.05) is 42.5 Å². The maximum Gasteiger partial charge on any atom is 0.348 e. The Morgan fingerprint density at radius 3 is 2.69 bits per heavy atom. The molecule has 2 N–H and O–H groups in total. The van der Waals surface area contributed by atoms with E-state index in [0.29, 0.717) is 5.76 Å². The van der Waals surface area contributed by atoms with E-state index in [1.54, 1.807) is 6.92 Å². The molecule has 0 spiro atoms. The fourth-order valence-corrected chi connectivity index (χ4v) is 2.79. The Labute approximate surface area is 149 Å². The normalized spacial score (nSPS) is 11.5. The lowest BCUT2D eigenvalue weighted by Crippen LogP contribution is -2.23. The summed E-state index contributed by atoms with van der Waals surface area (Å²) in [5.74, 6) is -0.260. The van der Waals surface area contributed by atoms with Crippen molar-refractivity contribution in [1.82, 2.24) is 5.43 Å². The Hall–Kier alpha value is -3.41. The molecular formula is C20H18N2O4. The van der Waals surface area contributed by atoms with E-state index in [-0.39, 0.29) is 29.4 Å². The summed E-state index contributed by atoms with van der Waals surface area (Å²) in [7, 11) is 0. The lowest BCUT2D eigenvalue weighted by atomic mass is 10.0. The van der Waals surface area contributed by atoms with Crippen LogP contribution in [0, 0.1) is 6.92 Å². The molecule has 0 aliphatic rings. The van der Waals surface area contributed by atoms with Gasteiger partial charge in [-0.15, -0.1) is 0 Å². The van der Waals surface area contributed by atoms with Gasteiger partial charge in [0.25, 0.3) is 0 Å². The molecule has 2 aromatic carbocycles. The predicted molar refractivity (Wildman–Crippen MR) is 99.4 cm³/mol. The lowest BCUT2D eigenvalue weighted by molar-refractivity contribution is -0.120. The molecule has 1 aromatic heterocycles. The first-order chi connectivity index (χ1) is 12.5. The van der Waals surface area contributed by atoms with Crippen LogP contribution in [0.2, 0.25) is 0 Å². The molecule has 0 unspecified atom stereocenters. The Bertz CT molecular complexity index is 1060. The van der Waals surface area contributed by atoms with E-state index in [1.807, 2.05) is 42.5 Å². The zero-order valence-corrected chi connectivity index (χ0v) is 14.4. The minimum atomic E-state index is -0.702. The minimum Gasteiger partial charge on any atom is -0.507 e. The molecule has 0 aliphatic carbocycles. The Kier molecular flexibility index (Phi) is 4.84. The molecule has 26 heavy (non-hydrogen) atoms. The Balaban J connectivity index is 1.78. The zero-order chi connectivity index (χ0) is 18.7. The van der Waals surface area contributed by atoms with Gasteiger partial charge in [0.05, 0.1) is 12.1 Å². The topological polar surface area (TPSA) is 91.9 Å². The van der Waals surface area contributed by atoms with Gasteiger partial charge in [0.15, 0.2) is 0 Å². The van der Waals surface area contributed by atoms with E-state index >= 15 is 0 Å². The van der Waals surface area contributed by atoms with Crippen LogP contribution in [0.4, 0.5) is 0 Å². The van der Waals surface area contributed by atoms with Crippen molar-refractivity contribution >= 4 is 22.4 Å². The first-order valence-corrected chi connectivity index (χ1v) is 8.09. The molecule has 3 aromatic rings. The van der Waals surface area contributed by atoms with Crippen LogP contribution < -0.4 is 11.1 Å². The molecule has 6 nitrogen and oxygen atoms in total. The molecule has 0 radical (unpaired) electrons. The highest BCUT2D eigenvalue weighted by Crippen LogP contribution is 2.19. The highest BCUT2D eigenvalue weighted by Gasteiger charge is 2.13. The molecule has 0 saturated carbocycles. The zero-order valence-electron chi connectivity index (χ0n) is 14.4. The van der Waals surface area contributed by atoms with Crippen molar-refractivity contribution in [2.75, 3.05) is 0 Å². The smallest absolute Gasteiger partial charge is 0.348 e. The lowest BCUT2D eigenvalue weighted by Gasteiger charge is -2.07. The molecule has 0 aliphatic heterocycles. The van der Waals surface area contributed by atoms with Gasteiger partial charge in [0.1, 0.15) is 17.1 Å². The maximum atomic E-state index is 12.2. The summed E-state index contributed by atoms with van der Waals surface area (Å²) in [5, 5.41) is 15.9. The average molecular weight is 350 g/mol. The number of carbonyl (C=O) groups is 1. The van der Waals surface area contributed by atoms with Crippen LogP contribution >= 0.6 is 0 Å². The van der Waals surface area contributed by atoms with Gasteiger partial charge >= 0.3 is 5.63 Å². The number of hydrazone groups is 1. The number of aromatic hydroxyl groups is 1. The van der Waals surface area contributed by atoms with Crippen molar-refractivity contribution in [2.24, 2.45) is 5.10 Å². The second kappa shape index (κ2) is 7.23. The Morgan fingerprint density at radius 1 is 1.19 bits per heavy atom. The van der Waals surface area contributed by atoms with Crippen LogP contribution in [0.1, 0.15) is 23.8 Å². The van der Waals surface area contributed by atoms with Crippen molar-refractivity contribution < 1.29 is 14.3 Å². The molecule has 1 amide bonds. The maximum absolute atomic E-state index is 12.2. The predicted octanol–water partition coefficient (Wildman–Crippen LogP) is 2.89. The van der Waals surface area contributed by atoms with Crippen molar-refractivity contribution in [3.05, 3.63) is 75.8 Å². The standard InChI is InChI=1S/C20H18N2O4/c1-12-10-17(23)19(20(25)26-12)13(2)21-22-18(24)11-15-8-5-7-14-6-3-4-9-16(14)15/h3-10,23H,11H2,1-2H3,(H,22,24). The van der Waals surface area contributed by atoms with Crippen LogP contribution in [-0.4, -0.2) is 16.7 Å². The monoisotopic (exact) mass is 350 g/mol. The number of benzene rings is 2. The fourth-order valence-electron chi connectivity index (χ4n) is 2.79. The van der Waals surface area contributed by atoms with Crippen LogP contribution in [-0.2, 0) is 11.2 Å². The van der Waals surface area contributed by atoms with Gasteiger partial charge in [0.2, 0.25) is 5.91 Å². The number of aryl methyl sites for hydroxylation is 1. The van der Waals surface area contributed by atoms with Gasteiger partial charge in [-0.25, -0.2) is 10.2 Å². The second-order valence-electron chi connectivity index (χ2n) is 5.95. The number of amides is 1.